The molecule has 0 aliphatic heterocycles. The highest BCUT2D eigenvalue weighted by atomic mass is 16.7. The standard InChI is InChI=1S/C22H36N2O8.C2H6/c1-22(2,3)32-20(26)23(4)10-11-24(12-14-29-15-13-25)21(27)31-19-8-6-18(7-9-19)16-30-17-28-5;1-2/h6-9,25H,10-17H2,1-5H3;1-2H3. The lowest BCUT2D eigenvalue weighted by Crippen LogP contribution is -2.43. The Balaban J connectivity index is 0.00000529. The van der Waals surface area contributed by atoms with Gasteiger partial charge >= 0.3 is 12.2 Å². The maximum absolute atomic E-state index is 12.7. The molecule has 1 aromatic rings. The number of likely N-dealkylation sites (N-methyl/N-ethyl adjacent to an activating group) is 1. The second-order valence-electron chi connectivity index (χ2n) is 7.99. The molecule has 34 heavy (non-hydrogen) atoms. The summed E-state index contributed by atoms with van der Waals surface area (Å²) in [4.78, 5) is 27.7. The van der Waals surface area contributed by atoms with Crippen molar-refractivity contribution in [2.24, 2.45) is 0 Å². The van der Waals surface area contributed by atoms with E-state index in [2.05, 4.69) is 0 Å². The fourth-order valence-electron chi connectivity index (χ4n) is 2.40. The van der Waals surface area contributed by atoms with Gasteiger partial charge in [-0.05, 0) is 38.5 Å². The van der Waals surface area contributed by atoms with Gasteiger partial charge in [-0.25, -0.2) is 9.59 Å². The lowest BCUT2D eigenvalue weighted by atomic mass is 10.2. The molecular weight excluding hydrogens is 444 g/mol. The maximum Gasteiger partial charge on any atom is 0.415 e. The number of methoxy groups -OCH3 is 1. The van der Waals surface area contributed by atoms with Crippen LogP contribution in [-0.4, -0.2) is 93.1 Å². The Morgan fingerprint density at radius 3 is 2.15 bits per heavy atom. The van der Waals surface area contributed by atoms with E-state index in [1.54, 1.807) is 59.2 Å². The zero-order chi connectivity index (χ0) is 26.0. The first kappa shape index (κ1) is 31.6. The molecule has 0 saturated carbocycles. The Morgan fingerprint density at radius 2 is 1.59 bits per heavy atom. The number of amides is 2. The third-order valence-corrected chi connectivity index (χ3v) is 4.01. The normalized spacial score (nSPS) is 10.7. The van der Waals surface area contributed by atoms with E-state index in [-0.39, 0.29) is 46.2 Å². The largest absolute Gasteiger partial charge is 0.444 e. The Hall–Kier alpha value is -2.40. The first-order valence-electron chi connectivity index (χ1n) is 11.4. The summed E-state index contributed by atoms with van der Waals surface area (Å²) in [6, 6.07) is 6.94. The average molecular weight is 487 g/mol. The van der Waals surface area contributed by atoms with Gasteiger partial charge in [0.2, 0.25) is 0 Å². The Bertz CT molecular complexity index is 677. The van der Waals surface area contributed by atoms with Crippen LogP contribution in [0.4, 0.5) is 9.59 Å². The highest BCUT2D eigenvalue weighted by Gasteiger charge is 2.22. The van der Waals surface area contributed by atoms with Gasteiger partial charge in [-0.1, -0.05) is 26.0 Å². The third-order valence-electron chi connectivity index (χ3n) is 4.01. The molecule has 0 aromatic heterocycles. The summed E-state index contributed by atoms with van der Waals surface area (Å²) in [5.41, 5.74) is 0.304. The van der Waals surface area contributed by atoms with Gasteiger partial charge in [0.05, 0.1) is 26.4 Å². The van der Waals surface area contributed by atoms with Gasteiger partial charge < -0.3 is 38.6 Å². The fraction of sp³-hybridized carbons (Fsp3) is 0.667. The van der Waals surface area contributed by atoms with Crippen molar-refractivity contribution in [3.8, 4) is 5.75 Å². The number of rotatable bonds is 13. The minimum atomic E-state index is -0.608. The summed E-state index contributed by atoms with van der Waals surface area (Å²) in [6.07, 6.45) is -1.05. The van der Waals surface area contributed by atoms with Crippen LogP contribution in [0.1, 0.15) is 40.2 Å². The summed E-state index contributed by atoms with van der Waals surface area (Å²) in [6.45, 7) is 10.9. The number of aliphatic hydroxyl groups excluding tert-OH is 1. The van der Waals surface area contributed by atoms with Gasteiger partial charge in [-0.2, -0.15) is 0 Å². The van der Waals surface area contributed by atoms with E-state index in [1.165, 1.54) is 9.80 Å². The van der Waals surface area contributed by atoms with Crippen LogP contribution in [0.2, 0.25) is 0 Å². The number of carbonyl (C=O) groups excluding carboxylic acids is 2. The van der Waals surface area contributed by atoms with E-state index in [4.69, 9.17) is 28.8 Å². The van der Waals surface area contributed by atoms with E-state index >= 15 is 0 Å². The highest BCUT2D eigenvalue weighted by molar-refractivity contribution is 5.71. The Morgan fingerprint density at radius 1 is 0.941 bits per heavy atom. The van der Waals surface area contributed by atoms with Crippen molar-refractivity contribution in [3.63, 3.8) is 0 Å². The number of hydrogen-bond donors (Lipinski definition) is 1. The molecule has 0 aliphatic carbocycles. The summed E-state index contributed by atoms with van der Waals surface area (Å²) < 4.78 is 26.2. The van der Waals surface area contributed by atoms with E-state index in [9.17, 15) is 9.59 Å². The molecule has 1 aromatic carbocycles. The Kier molecular flexibility index (Phi) is 16.7. The van der Waals surface area contributed by atoms with Crippen molar-refractivity contribution < 1.29 is 38.4 Å². The van der Waals surface area contributed by atoms with Gasteiger partial charge in [-0.15, -0.1) is 0 Å². The van der Waals surface area contributed by atoms with Crippen LogP contribution in [0.5, 0.6) is 5.75 Å². The number of aliphatic hydroxyl groups is 1. The summed E-state index contributed by atoms with van der Waals surface area (Å²) in [5, 5.41) is 8.85. The molecule has 0 radical (unpaired) electrons. The van der Waals surface area contributed by atoms with E-state index in [0.29, 0.717) is 12.4 Å². The second-order valence-corrected chi connectivity index (χ2v) is 7.99. The zero-order valence-electron chi connectivity index (χ0n) is 21.7. The van der Waals surface area contributed by atoms with Gasteiger partial charge in [-0.3, -0.25) is 0 Å². The van der Waals surface area contributed by atoms with Crippen molar-refractivity contribution in [2.45, 2.75) is 46.8 Å². The van der Waals surface area contributed by atoms with Crippen LogP contribution >= 0.6 is 0 Å². The molecule has 196 valence electrons. The van der Waals surface area contributed by atoms with Crippen molar-refractivity contribution >= 4 is 12.2 Å². The first-order valence-corrected chi connectivity index (χ1v) is 11.4. The van der Waals surface area contributed by atoms with Crippen LogP contribution in [0, 0.1) is 0 Å². The molecule has 10 heteroatoms. The molecule has 0 heterocycles. The molecule has 1 N–H and O–H groups in total. The molecule has 10 nitrogen and oxygen atoms in total. The molecule has 1 rings (SSSR count). The van der Waals surface area contributed by atoms with E-state index in [1.807, 2.05) is 13.8 Å². The van der Waals surface area contributed by atoms with Crippen LogP contribution in [0.3, 0.4) is 0 Å². The molecule has 0 aliphatic rings. The van der Waals surface area contributed by atoms with Crippen LogP contribution in [0.15, 0.2) is 24.3 Å². The number of hydrogen-bond acceptors (Lipinski definition) is 8. The monoisotopic (exact) mass is 486 g/mol. The first-order chi connectivity index (χ1) is 16.2. The van der Waals surface area contributed by atoms with Gasteiger partial charge in [0.1, 0.15) is 18.1 Å². The predicted octanol–water partition coefficient (Wildman–Crippen LogP) is 3.51. The highest BCUT2D eigenvalue weighted by Crippen LogP contribution is 2.15. The average Bonchev–Trinajstić information content (AvgIpc) is 2.79. The lowest BCUT2D eigenvalue weighted by Gasteiger charge is -2.27. The molecule has 0 spiro atoms. The second kappa shape index (κ2) is 18.0. The molecular formula is C24H42N2O8. The predicted molar refractivity (Wildman–Crippen MR) is 129 cm³/mol. The SMILES string of the molecule is CC.COCOCc1ccc(OC(=O)N(CCOCCO)CCN(C)C(=O)OC(C)(C)C)cc1. The molecule has 0 fully saturated rings. The van der Waals surface area contributed by atoms with Gasteiger partial charge in [0.25, 0.3) is 0 Å². The lowest BCUT2D eigenvalue weighted by molar-refractivity contribution is -0.0390. The molecule has 2 amide bonds. The maximum atomic E-state index is 12.7. The van der Waals surface area contributed by atoms with Crippen LogP contribution in [0.25, 0.3) is 0 Å². The number of ether oxygens (including phenoxy) is 5. The van der Waals surface area contributed by atoms with Crippen molar-refractivity contribution in [3.05, 3.63) is 29.8 Å². The molecule has 0 bridgehead atoms. The zero-order valence-corrected chi connectivity index (χ0v) is 21.7. The molecule has 0 atom stereocenters. The van der Waals surface area contributed by atoms with Crippen LogP contribution in [-0.2, 0) is 25.6 Å². The summed E-state index contributed by atoms with van der Waals surface area (Å²) in [7, 11) is 3.15. The molecule has 0 saturated heterocycles. The van der Waals surface area contributed by atoms with E-state index in [0.717, 1.165) is 5.56 Å². The van der Waals surface area contributed by atoms with Crippen molar-refractivity contribution in [1.82, 2.24) is 9.80 Å². The van der Waals surface area contributed by atoms with Crippen molar-refractivity contribution in [1.29, 1.82) is 0 Å². The summed E-state index contributed by atoms with van der Waals surface area (Å²) >= 11 is 0. The third kappa shape index (κ3) is 14.7. The number of nitrogens with zero attached hydrogens (tertiary/aromatic N) is 2. The molecule has 0 unspecified atom stereocenters. The summed E-state index contributed by atoms with van der Waals surface area (Å²) in [5.74, 6) is 0.382. The van der Waals surface area contributed by atoms with Crippen molar-refractivity contribution in [2.75, 3.05) is 60.4 Å². The number of benzene rings is 1. The topological polar surface area (TPSA) is 107 Å². The Labute approximate surface area is 203 Å². The van der Waals surface area contributed by atoms with Gasteiger partial charge in [0.15, 0.2) is 0 Å². The smallest absolute Gasteiger partial charge is 0.415 e. The minimum absolute atomic E-state index is 0.105. The van der Waals surface area contributed by atoms with Crippen LogP contribution < -0.4 is 4.74 Å². The van der Waals surface area contributed by atoms with E-state index < -0.39 is 17.8 Å². The number of carbonyl (C=O) groups is 2. The minimum Gasteiger partial charge on any atom is -0.444 e. The van der Waals surface area contributed by atoms with Gasteiger partial charge in [0, 0.05) is 33.8 Å². The fourth-order valence-corrected chi connectivity index (χ4v) is 2.40. The quantitative estimate of drug-likeness (QED) is 0.333.